The van der Waals surface area contributed by atoms with Crippen molar-refractivity contribution in [2.45, 2.75) is 37.8 Å². The SMILES string of the molecule is N#Cc1ccc(N2CC[C@H](NC[C@@H]3CCCn4ccnc43)C2=O)cc1. The van der Waals surface area contributed by atoms with Crippen LogP contribution in [0.4, 0.5) is 5.69 Å². The van der Waals surface area contributed by atoms with Crippen LogP contribution in [0.5, 0.6) is 0 Å². The van der Waals surface area contributed by atoms with E-state index < -0.39 is 0 Å². The molecule has 1 N–H and O–H groups in total. The number of aryl methyl sites for hydroxylation is 1. The van der Waals surface area contributed by atoms with Crippen LogP contribution in [0.3, 0.4) is 0 Å². The van der Waals surface area contributed by atoms with Gasteiger partial charge in [0.15, 0.2) is 0 Å². The van der Waals surface area contributed by atoms with Gasteiger partial charge in [-0.25, -0.2) is 4.98 Å². The highest BCUT2D eigenvalue weighted by atomic mass is 16.2. The van der Waals surface area contributed by atoms with Crippen LogP contribution in [-0.2, 0) is 11.3 Å². The maximum atomic E-state index is 12.7. The van der Waals surface area contributed by atoms with E-state index in [1.807, 2.05) is 24.5 Å². The van der Waals surface area contributed by atoms with Crippen molar-refractivity contribution in [1.82, 2.24) is 14.9 Å². The van der Waals surface area contributed by atoms with E-state index in [0.717, 1.165) is 43.9 Å². The maximum absolute atomic E-state index is 12.7. The van der Waals surface area contributed by atoms with Crippen molar-refractivity contribution in [3.63, 3.8) is 0 Å². The first-order chi connectivity index (χ1) is 12.3. The topological polar surface area (TPSA) is 74.0 Å². The van der Waals surface area contributed by atoms with Crippen molar-refractivity contribution in [3.8, 4) is 6.07 Å². The lowest BCUT2D eigenvalue weighted by atomic mass is 9.98. The molecule has 0 aliphatic carbocycles. The Labute approximate surface area is 147 Å². The average Bonchev–Trinajstić information content (AvgIpc) is 3.27. The molecule has 25 heavy (non-hydrogen) atoms. The van der Waals surface area contributed by atoms with E-state index in [0.29, 0.717) is 18.0 Å². The van der Waals surface area contributed by atoms with Gasteiger partial charge in [0.05, 0.1) is 17.7 Å². The van der Waals surface area contributed by atoms with Gasteiger partial charge in [0.1, 0.15) is 5.82 Å². The third-order valence-corrected chi connectivity index (χ3v) is 5.19. The van der Waals surface area contributed by atoms with E-state index in [2.05, 4.69) is 20.9 Å². The zero-order valence-corrected chi connectivity index (χ0v) is 14.1. The minimum Gasteiger partial charge on any atom is -0.335 e. The number of carbonyl (C=O) groups is 1. The Morgan fingerprint density at radius 2 is 2.08 bits per heavy atom. The second-order valence-electron chi connectivity index (χ2n) is 6.72. The van der Waals surface area contributed by atoms with Crippen LogP contribution in [0.1, 0.15) is 36.6 Å². The van der Waals surface area contributed by atoms with Crippen molar-refractivity contribution in [2.24, 2.45) is 0 Å². The van der Waals surface area contributed by atoms with E-state index >= 15 is 0 Å². The Bertz CT molecular complexity index is 804. The number of amides is 1. The molecule has 0 saturated carbocycles. The van der Waals surface area contributed by atoms with Gasteiger partial charge in [0, 0.05) is 43.6 Å². The smallest absolute Gasteiger partial charge is 0.244 e. The Morgan fingerprint density at radius 1 is 1.24 bits per heavy atom. The zero-order valence-electron chi connectivity index (χ0n) is 14.1. The van der Waals surface area contributed by atoms with E-state index in [-0.39, 0.29) is 11.9 Å². The van der Waals surface area contributed by atoms with Crippen molar-refractivity contribution in [1.29, 1.82) is 5.26 Å². The number of imidazole rings is 1. The van der Waals surface area contributed by atoms with Gasteiger partial charge >= 0.3 is 0 Å². The molecule has 0 unspecified atom stereocenters. The first kappa shape index (κ1) is 15.9. The van der Waals surface area contributed by atoms with Gasteiger partial charge in [-0.1, -0.05) is 0 Å². The Morgan fingerprint density at radius 3 is 2.88 bits per heavy atom. The third kappa shape index (κ3) is 3.03. The second kappa shape index (κ2) is 6.69. The summed E-state index contributed by atoms with van der Waals surface area (Å²) in [7, 11) is 0. The molecule has 6 nitrogen and oxygen atoms in total. The number of fused-ring (bicyclic) bond motifs is 1. The predicted molar refractivity (Wildman–Crippen MR) is 94.1 cm³/mol. The highest BCUT2D eigenvalue weighted by Crippen LogP contribution is 2.26. The molecule has 2 aromatic rings. The summed E-state index contributed by atoms with van der Waals surface area (Å²) >= 11 is 0. The highest BCUT2D eigenvalue weighted by Gasteiger charge is 2.33. The van der Waals surface area contributed by atoms with Crippen molar-refractivity contribution < 1.29 is 4.79 Å². The van der Waals surface area contributed by atoms with Crippen molar-refractivity contribution in [2.75, 3.05) is 18.0 Å². The van der Waals surface area contributed by atoms with Gasteiger partial charge in [-0.05, 0) is 43.5 Å². The molecular weight excluding hydrogens is 314 g/mol. The molecule has 128 valence electrons. The summed E-state index contributed by atoms with van der Waals surface area (Å²) in [5.74, 6) is 1.62. The van der Waals surface area contributed by atoms with E-state index in [4.69, 9.17) is 5.26 Å². The number of rotatable bonds is 4. The average molecular weight is 335 g/mol. The molecule has 2 aliphatic rings. The Hall–Kier alpha value is -2.65. The van der Waals surface area contributed by atoms with Crippen LogP contribution in [-0.4, -0.2) is 34.6 Å². The molecule has 0 bridgehead atoms. The van der Waals surface area contributed by atoms with Gasteiger partial charge in [0.2, 0.25) is 5.91 Å². The first-order valence-electron chi connectivity index (χ1n) is 8.82. The van der Waals surface area contributed by atoms with Gasteiger partial charge in [-0.3, -0.25) is 4.79 Å². The molecule has 2 atom stereocenters. The van der Waals surface area contributed by atoms with Crippen LogP contribution < -0.4 is 10.2 Å². The predicted octanol–water partition coefficient (Wildman–Crippen LogP) is 2.03. The Balaban J connectivity index is 1.39. The van der Waals surface area contributed by atoms with Crippen molar-refractivity contribution in [3.05, 3.63) is 48.0 Å². The second-order valence-corrected chi connectivity index (χ2v) is 6.72. The van der Waals surface area contributed by atoms with Crippen LogP contribution in [0.25, 0.3) is 0 Å². The molecule has 4 rings (SSSR count). The van der Waals surface area contributed by atoms with Gasteiger partial charge in [-0.2, -0.15) is 5.26 Å². The number of carbonyl (C=O) groups excluding carboxylic acids is 1. The molecular formula is C19H21N5O. The van der Waals surface area contributed by atoms with Gasteiger partial charge in [0.25, 0.3) is 0 Å². The lowest BCUT2D eigenvalue weighted by Crippen LogP contribution is -2.40. The zero-order chi connectivity index (χ0) is 17.2. The molecule has 6 heteroatoms. The van der Waals surface area contributed by atoms with Crippen molar-refractivity contribution >= 4 is 11.6 Å². The maximum Gasteiger partial charge on any atom is 0.244 e. The monoisotopic (exact) mass is 335 g/mol. The normalized spacial score (nSPS) is 22.7. The fourth-order valence-electron chi connectivity index (χ4n) is 3.83. The largest absolute Gasteiger partial charge is 0.335 e. The summed E-state index contributed by atoms with van der Waals surface area (Å²) in [6, 6.07) is 9.16. The molecule has 0 radical (unpaired) electrons. The molecule has 2 aliphatic heterocycles. The molecule has 1 fully saturated rings. The van der Waals surface area contributed by atoms with Crippen LogP contribution in [0.2, 0.25) is 0 Å². The first-order valence-corrected chi connectivity index (χ1v) is 8.82. The van der Waals surface area contributed by atoms with Crippen LogP contribution >= 0.6 is 0 Å². The number of benzene rings is 1. The summed E-state index contributed by atoms with van der Waals surface area (Å²) in [5.41, 5.74) is 1.47. The number of nitriles is 1. The fourth-order valence-corrected chi connectivity index (χ4v) is 3.83. The van der Waals surface area contributed by atoms with Gasteiger partial charge in [-0.15, -0.1) is 0 Å². The number of hydrogen-bond donors (Lipinski definition) is 1. The molecule has 1 aromatic heterocycles. The van der Waals surface area contributed by atoms with Crippen LogP contribution in [0, 0.1) is 11.3 Å². The highest BCUT2D eigenvalue weighted by molar-refractivity contribution is 5.99. The summed E-state index contributed by atoms with van der Waals surface area (Å²) in [6.07, 6.45) is 6.98. The lowest BCUT2D eigenvalue weighted by molar-refractivity contribution is -0.118. The molecule has 1 amide bonds. The molecule has 0 spiro atoms. The standard InChI is InChI=1S/C19H21N5O/c20-12-14-3-5-16(6-4-14)24-10-7-17(19(24)25)22-13-15-2-1-9-23-11-8-21-18(15)23/h3-6,8,11,15,17,22H,1-2,7,9-10,13H2/t15-,17-/m0/s1. The van der Waals surface area contributed by atoms with Gasteiger partial charge < -0.3 is 14.8 Å². The molecule has 1 saturated heterocycles. The van der Waals surface area contributed by atoms with E-state index in [1.54, 1.807) is 17.0 Å². The summed E-state index contributed by atoms with van der Waals surface area (Å²) in [6.45, 7) is 2.54. The minimum absolute atomic E-state index is 0.115. The quantitative estimate of drug-likeness (QED) is 0.928. The number of nitrogens with one attached hydrogen (secondary N) is 1. The summed E-state index contributed by atoms with van der Waals surface area (Å²) in [4.78, 5) is 19.0. The van der Waals surface area contributed by atoms with E-state index in [1.165, 1.54) is 0 Å². The molecule has 3 heterocycles. The number of aromatic nitrogens is 2. The number of hydrogen-bond acceptors (Lipinski definition) is 4. The lowest BCUT2D eigenvalue weighted by Gasteiger charge is -2.25. The molecule has 1 aromatic carbocycles. The third-order valence-electron chi connectivity index (χ3n) is 5.19. The van der Waals surface area contributed by atoms with Crippen LogP contribution in [0.15, 0.2) is 36.7 Å². The Kier molecular flexibility index (Phi) is 4.24. The summed E-state index contributed by atoms with van der Waals surface area (Å²) in [5, 5.41) is 12.3. The van der Waals surface area contributed by atoms with E-state index in [9.17, 15) is 4.79 Å². The minimum atomic E-state index is -0.138. The number of anilines is 1. The fraction of sp³-hybridized carbons (Fsp3) is 0.421. The number of nitrogens with zero attached hydrogens (tertiary/aromatic N) is 4. The summed E-state index contributed by atoms with van der Waals surface area (Å²) < 4.78 is 2.22.